The highest BCUT2D eigenvalue weighted by molar-refractivity contribution is 5.05. The molecule has 17 heavy (non-hydrogen) atoms. The summed E-state index contributed by atoms with van der Waals surface area (Å²) in [6.07, 6.45) is 5.82. The van der Waals surface area contributed by atoms with Crippen LogP contribution in [0, 0.1) is 24.2 Å². The highest BCUT2D eigenvalue weighted by Crippen LogP contribution is 2.23. The average molecular weight is 232 g/mol. The molecule has 2 rings (SSSR count). The predicted octanol–water partition coefficient (Wildman–Crippen LogP) is 3.15. The van der Waals surface area contributed by atoms with Gasteiger partial charge in [0, 0.05) is 6.04 Å². The zero-order valence-electron chi connectivity index (χ0n) is 10.4. The molecule has 0 aliphatic heterocycles. The summed E-state index contributed by atoms with van der Waals surface area (Å²) >= 11 is 0. The monoisotopic (exact) mass is 232 g/mol. The van der Waals surface area contributed by atoms with Gasteiger partial charge in [0.25, 0.3) is 0 Å². The normalized spacial score (nSPS) is 25.2. The topological polar surface area (TPSA) is 49.0 Å². The van der Waals surface area contributed by atoms with Crippen LogP contribution in [0.2, 0.25) is 0 Å². The van der Waals surface area contributed by atoms with Crippen molar-refractivity contribution >= 4 is 0 Å². The maximum atomic E-state index is 9.17. The molecular formula is C14H20N2O. The number of furan rings is 1. The Labute approximate surface area is 103 Å². The number of rotatable bonds is 3. The Morgan fingerprint density at radius 3 is 2.88 bits per heavy atom. The lowest BCUT2D eigenvalue weighted by Crippen LogP contribution is -2.34. The van der Waals surface area contributed by atoms with E-state index in [9.17, 15) is 5.26 Å². The first kappa shape index (κ1) is 12.2. The molecule has 92 valence electrons. The van der Waals surface area contributed by atoms with E-state index in [2.05, 4.69) is 11.4 Å². The molecule has 0 spiro atoms. The van der Waals surface area contributed by atoms with Crippen LogP contribution in [0.25, 0.3) is 0 Å². The third-order valence-electron chi connectivity index (χ3n) is 3.52. The SMILES string of the molecule is Cc1ccc(CNC2CCCCCC2C#N)o1. The summed E-state index contributed by atoms with van der Waals surface area (Å²) in [6, 6.07) is 6.75. The molecule has 1 fully saturated rings. The second-order valence-corrected chi connectivity index (χ2v) is 4.87. The predicted molar refractivity (Wildman–Crippen MR) is 66.3 cm³/mol. The van der Waals surface area contributed by atoms with Gasteiger partial charge in [0.15, 0.2) is 0 Å². The second kappa shape index (κ2) is 5.88. The Kier molecular flexibility index (Phi) is 4.22. The van der Waals surface area contributed by atoms with E-state index >= 15 is 0 Å². The van der Waals surface area contributed by atoms with Gasteiger partial charge in [-0.3, -0.25) is 0 Å². The summed E-state index contributed by atoms with van der Waals surface area (Å²) in [4.78, 5) is 0. The Bertz CT molecular complexity index is 391. The summed E-state index contributed by atoms with van der Waals surface area (Å²) in [5, 5.41) is 12.7. The lowest BCUT2D eigenvalue weighted by Gasteiger charge is -2.20. The van der Waals surface area contributed by atoms with Crippen LogP contribution in [0.15, 0.2) is 16.5 Å². The molecule has 3 nitrogen and oxygen atoms in total. The second-order valence-electron chi connectivity index (χ2n) is 4.87. The minimum Gasteiger partial charge on any atom is -0.465 e. The fraction of sp³-hybridized carbons (Fsp3) is 0.643. The summed E-state index contributed by atoms with van der Waals surface area (Å²) in [6.45, 7) is 2.68. The average Bonchev–Trinajstić information content (AvgIpc) is 2.63. The van der Waals surface area contributed by atoms with E-state index in [1.165, 1.54) is 19.3 Å². The van der Waals surface area contributed by atoms with Crippen LogP contribution in [-0.2, 0) is 6.54 Å². The molecule has 0 radical (unpaired) electrons. The van der Waals surface area contributed by atoms with Crippen LogP contribution in [0.4, 0.5) is 0 Å². The van der Waals surface area contributed by atoms with Gasteiger partial charge in [-0.15, -0.1) is 0 Å². The minimum absolute atomic E-state index is 0.161. The van der Waals surface area contributed by atoms with Gasteiger partial charge < -0.3 is 9.73 Å². The van der Waals surface area contributed by atoms with E-state index < -0.39 is 0 Å². The van der Waals surface area contributed by atoms with Crippen LogP contribution in [0.3, 0.4) is 0 Å². The van der Waals surface area contributed by atoms with E-state index in [0.717, 1.165) is 30.9 Å². The molecule has 0 aromatic carbocycles. The van der Waals surface area contributed by atoms with E-state index in [0.29, 0.717) is 6.04 Å². The summed E-state index contributed by atoms with van der Waals surface area (Å²) < 4.78 is 5.53. The van der Waals surface area contributed by atoms with Crippen molar-refractivity contribution in [3.63, 3.8) is 0 Å². The van der Waals surface area contributed by atoms with Crippen molar-refractivity contribution in [2.75, 3.05) is 0 Å². The first-order valence-electron chi connectivity index (χ1n) is 6.48. The largest absolute Gasteiger partial charge is 0.465 e. The molecule has 1 N–H and O–H groups in total. The molecule has 1 aliphatic carbocycles. The van der Waals surface area contributed by atoms with Crippen LogP contribution in [-0.4, -0.2) is 6.04 Å². The minimum atomic E-state index is 0.161. The van der Waals surface area contributed by atoms with Gasteiger partial charge in [0.05, 0.1) is 18.5 Å². The molecule has 2 atom stereocenters. The van der Waals surface area contributed by atoms with Crippen molar-refractivity contribution in [1.29, 1.82) is 5.26 Å². The zero-order chi connectivity index (χ0) is 12.1. The van der Waals surface area contributed by atoms with Crippen LogP contribution in [0.5, 0.6) is 0 Å². The molecule has 3 heteroatoms. The van der Waals surface area contributed by atoms with E-state index in [-0.39, 0.29) is 5.92 Å². The number of nitrogens with zero attached hydrogens (tertiary/aromatic N) is 1. The van der Waals surface area contributed by atoms with Gasteiger partial charge in [-0.2, -0.15) is 5.26 Å². The molecule has 1 saturated carbocycles. The third kappa shape index (κ3) is 3.34. The van der Waals surface area contributed by atoms with Gasteiger partial charge in [-0.25, -0.2) is 0 Å². The third-order valence-corrected chi connectivity index (χ3v) is 3.52. The van der Waals surface area contributed by atoms with Crippen LogP contribution >= 0.6 is 0 Å². The molecule has 0 bridgehead atoms. The van der Waals surface area contributed by atoms with Crippen molar-refractivity contribution in [2.24, 2.45) is 5.92 Å². The molecule has 0 saturated heterocycles. The van der Waals surface area contributed by atoms with Gasteiger partial charge in [0.1, 0.15) is 11.5 Å². The number of hydrogen-bond acceptors (Lipinski definition) is 3. The summed E-state index contributed by atoms with van der Waals surface area (Å²) in [7, 11) is 0. The lowest BCUT2D eigenvalue weighted by molar-refractivity contribution is 0.368. The van der Waals surface area contributed by atoms with Gasteiger partial charge in [-0.1, -0.05) is 19.3 Å². The van der Waals surface area contributed by atoms with Crippen molar-refractivity contribution in [3.8, 4) is 6.07 Å². The van der Waals surface area contributed by atoms with Crippen molar-refractivity contribution < 1.29 is 4.42 Å². The smallest absolute Gasteiger partial charge is 0.117 e. The number of nitrogens with one attached hydrogen (secondary N) is 1. The fourth-order valence-electron chi connectivity index (χ4n) is 2.52. The van der Waals surface area contributed by atoms with Crippen LogP contribution in [0.1, 0.15) is 43.6 Å². The summed E-state index contributed by atoms with van der Waals surface area (Å²) in [5.41, 5.74) is 0. The Morgan fingerprint density at radius 1 is 1.35 bits per heavy atom. The molecule has 1 aliphatic rings. The molecule has 2 unspecified atom stereocenters. The first-order valence-corrected chi connectivity index (χ1v) is 6.48. The van der Waals surface area contributed by atoms with Crippen molar-refractivity contribution in [1.82, 2.24) is 5.32 Å². The van der Waals surface area contributed by atoms with Crippen LogP contribution < -0.4 is 5.32 Å². The summed E-state index contributed by atoms with van der Waals surface area (Å²) in [5.74, 6) is 2.07. The quantitative estimate of drug-likeness (QED) is 0.814. The van der Waals surface area contributed by atoms with Crippen molar-refractivity contribution in [2.45, 2.75) is 51.6 Å². The fourth-order valence-corrected chi connectivity index (χ4v) is 2.52. The molecule has 1 aromatic rings. The molecule has 0 amide bonds. The highest BCUT2D eigenvalue weighted by atomic mass is 16.3. The van der Waals surface area contributed by atoms with Gasteiger partial charge in [0.2, 0.25) is 0 Å². The van der Waals surface area contributed by atoms with Gasteiger partial charge in [-0.05, 0) is 31.9 Å². The number of hydrogen-bond donors (Lipinski definition) is 1. The molecule has 1 aromatic heterocycles. The van der Waals surface area contributed by atoms with Gasteiger partial charge >= 0.3 is 0 Å². The number of nitriles is 1. The Hall–Kier alpha value is -1.27. The standard InChI is InChI=1S/C14H20N2O/c1-11-7-8-13(17-11)10-16-14-6-4-2-3-5-12(14)9-15/h7-8,12,14,16H,2-6,10H2,1H3. The van der Waals surface area contributed by atoms with E-state index in [1.807, 2.05) is 19.1 Å². The molecular weight excluding hydrogens is 212 g/mol. The van der Waals surface area contributed by atoms with E-state index in [1.54, 1.807) is 0 Å². The zero-order valence-corrected chi connectivity index (χ0v) is 10.4. The van der Waals surface area contributed by atoms with E-state index in [4.69, 9.17) is 4.42 Å². The Morgan fingerprint density at radius 2 is 2.18 bits per heavy atom. The Balaban J connectivity index is 1.90. The maximum Gasteiger partial charge on any atom is 0.117 e. The maximum absolute atomic E-state index is 9.17. The lowest BCUT2D eigenvalue weighted by atomic mass is 9.96. The highest BCUT2D eigenvalue weighted by Gasteiger charge is 2.23. The molecule has 1 heterocycles. The number of aryl methyl sites for hydroxylation is 1. The van der Waals surface area contributed by atoms with Crippen molar-refractivity contribution in [3.05, 3.63) is 23.7 Å². The first-order chi connectivity index (χ1) is 8.29.